The maximum Gasteiger partial charge on any atom is 0.215 e. The summed E-state index contributed by atoms with van der Waals surface area (Å²) >= 11 is 0. The number of hydrogen-bond acceptors (Lipinski definition) is 5. The van der Waals surface area contributed by atoms with Crippen LogP contribution >= 0.6 is 0 Å². The lowest BCUT2D eigenvalue weighted by molar-refractivity contribution is 0.252. The molecule has 0 unspecified atom stereocenters. The summed E-state index contributed by atoms with van der Waals surface area (Å²) in [7, 11) is 0.243. The maximum atomic E-state index is 12.3. The van der Waals surface area contributed by atoms with Crippen LogP contribution in [0.25, 0.3) is 0 Å². The largest absolute Gasteiger partial charge is 0.337 e. The number of aryl methyl sites for hydroxylation is 1. The zero-order chi connectivity index (χ0) is 14.6. The van der Waals surface area contributed by atoms with E-state index in [4.69, 9.17) is 0 Å². The highest BCUT2D eigenvalue weighted by Crippen LogP contribution is 2.06. The highest BCUT2D eigenvalue weighted by molar-refractivity contribution is 7.89. The van der Waals surface area contributed by atoms with Gasteiger partial charge in [0, 0.05) is 59.2 Å². The molecule has 1 aromatic rings. The lowest BCUT2D eigenvalue weighted by atomic mass is 10.4. The molecule has 0 radical (unpaired) electrons. The van der Waals surface area contributed by atoms with Crippen molar-refractivity contribution < 1.29 is 8.42 Å². The number of piperazine rings is 1. The smallest absolute Gasteiger partial charge is 0.215 e. The van der Waals surface area contributed by atoms with Gasteiger partial charge in [-0.15, -0.1) is 0 Å². The third-order valence-corrected chi connectivity index (χ3v) is 5.41. The molecule has 1 aromatic heterocycles. The van der Waals surface area contributed by atoms with Crippen LogP contribution < -0.4 is 5.32 Å². The second-order valence-corrected chi connectivity index (χ2v) is 7.31. The molecule has 2 rings (SSSR count). The van der Waals surface area contributed by atoms with Crippen LogP contribution in [0.5, 0.6) is 0 Å². The van der Waals surface area contributed by atoms with Crippen LogP contribution in [-0.4, -0.2) is 72.7 Å². The van der Waals surface area contributed by atoms with Crippen LogP contribution in [0.1, 0.15) is 5.82 Å². The maximum absolute atomic E-state index is 12.3. The minimum atomic E-state index is -3.23. The topological polar surface area (TPSA) is 70.5 Å². The molecular weight excluding hydrogens is 278 g/mol. The van der Waals surface area contributed by atoms with Gasteiger partial charge in [0.05, 0.1) is 12.3 Å². The van der Waals surface area contributed by atoms with E-state index in [1.54, 1.807) is 13.2 Å². The van der Waals surface area contributed by atoms with Crippen LogP contribution in [0, 0.1) is 0 Å². The van der Waals surface area contributed by atoms with E-state index in [1.807, 2.05) is 17.8 Å². The summed E-state index contributed by atoms with van der Waals surface area (Å²) in [5.74, 6) is 0.909. The fourth-order valence-corrected chi connectivity index (χ4v) is 3.29. The molecule has 1 N–H and O–H groups in total. The highest BCUT2D eigenvalue weighted by Gasteiger charge is 2.21. The predicted molar refractivity (Wildman–Crippen MR) is 77.8 cm³/mol. The minimum Gasteiger partial charge on any atom is -0.337 e. The molecule has 1 fully saturated rings. The molecule has 0 aromatic carbocycles. The highest BCUT2D eigenvalue weighted by atomic mass is 32.2. The van der Waals surface area contributed by atoms with Crippen LogP contribution in [0.3, 0.4) is 0 Å². The van der Waals surface area contributed by atoms with Gasteiger partial charge in [-0.25, -0.2) is 13.4 Å². The summed E-state index contributed by atoms with van der Waals surface area (Å²) in [6.45, 7) is 4.60. The molecule has 0 saturated carbocycles. The number of rotatable bonds is 6. The molecule has 114 valence electrons. The molecule has 20 heavy (non-hydrogen) atoms. The number of hydrogen-bond donors (Lipinski definition) is 1. The van der Waals surface area contributed by atoms with Crippen molar-refractivity contribution in [3.8, 4) is 0 Å². The van der Waals surface area contributed by atoms with Gasteiger partial charge in [-0.3, -0.25) is 4.90 Å². The molecule has 0 aliphatic carbocycles. The fraction of sp³-hybridized carbons (Fsp3) is 0.750. The molecule has 1 saturated heterocycles. The number of nitrogens with one attached hydrogen (secondary N) is 1. The predicted octanol–water partition coefficient (Wildman–Crippen LogP) is -0.913. The molecule has 2 heterocycles. The average Bonchev–Trinajstić information content (AvgIpc) is 2.83. The van der Waals surface area contributed by atoms with Gasteiger partial charge in [0.1, 0.15) is 5.82 Å². The molecular formula is C12H23N5O2S. The third kappa shape index (κ3) is 4.02. The Morgan fingerprint density at radius 3 is 2.70 bits per heavy atom. The molecule has 0 bridgehead atoms. The first-order valence-electron chi connectivity index (χ1n) is 6.82. The second-order valence-electron chi connectivity index (χ2n) is 5.12. The zero-order valence-corrected chi connectivity index (χ0v) is 12.9. The van der Waals surface area contributed by atoms with Gasteiger partial charge in [0.2, 0.25) is 10.0 Å². The molecule has 0 spiro atoms. The van der Waals surface area contributed by atoms with Crippen molar-refractivity contribution in [3.63, 3.8) is 0 Å². The zero-order valence-electron chi connectivity index (χ0n) is 12.1. The normalized spacial score (nSPS) is 17.8. The Bertz CT molecular complexity index is 522. The third-order valence-electron chi connectivity index (χ3n) is 3.64. The van der Waals surface area contributed by atoms with Gasteiger partial charge < -0.3 is 9.88 Å². The van der Waals surface area contributed by atoms with Crippen molar-refractivity contribution in [2.75, 3.05) is 45.5 Å². The first-order chi connectivity index (χ1) is 9.49. The van der Waals surface area contributed by atoms with E-state index in [2.05, 4.69) is 15.2 Å². The van der Waals surface area contributed by atoms with Gasteiger partial charge in [-0.2, -0.15) is 4.31 Å². The monoisotopic (exact) mass is 301 g/mol. The number of imidazole rings is 1. The number of aromatic nitrogens is 2. The lowest BCUT2D eigenvalue weighted by Gasteiger charge is -2.27. The summed E-state index contributed by atoms with van der Waals surface area (Å²) in [5.41, 5.74) is 0. The summed E-state index contributed by atoms with van der Waals surface area (Å²) < 4.78 is 27.7. The standard InChI is InChI=1S/C12H23N5O2S/c1-15-6-5-14-12(15)11-16(2)20(18,19)10-9-17-7-3-13-4-8-17/h5-6,13H,3-4,7-11H2,1-2H3. The quantitative estimate of drug-likeness (QED) is 0.736. The van der Waals surface area contributed by atoms with E-state index in [-0.39, 0.29) is 5.75 Å². The Kier molecular flexibility index (Phi) is 5.14. The van der Waals surface area contributed by atoms with E-state index >= 15 is 0 Å². The van der Waals surface area contributed by atoms with Crippen molar-refractivity contribution in [2.45, 2.75) is 6.54 Å². The van der Waals surface area contributed by atoms with Crippen LogP contribution in [0.4, 0.5) is 0 Å². The van der Waals surface area contributed by atoms with E-state index in [9.17, 15) is 8.42 Å². The minimum absolute atomic E-state index is 0.161. The molecule has 8 heteroatoms. The van der Waals surface area contributed by atoms with E-state index in [1.165, 1.54) is 4.31 Å². The Balaban J connectivity index is 1.87. The van der Waals surface area contributed by atoms with Crippen molar-refractivity contribution >= 4 is 10.0 Å². The van der Waals surface area contributed by atoms with Crippen molar-refractivity contribution in [1.29, 1.82) is 0 Å². The van der Waals surface area contributed by atoms with Gasteiger partial charge in [-0.05, 0) is 0 Å². The van der Waals surface area contributed by atoms with Crippen molar-refractivity contribution in [3.05, 3.63) is 18.2 Å². The van der Waals surface area contributed by atoms with E-state index in [0.717, 1.165) is 32.0 Å². The molecule has 0 atom stereocenters. The van der Waals surface area contributed by atoms with E-state index < -0.39 is 10.0 Å². The first-order valence-corrected chi connectivity index (χ1v) is 8.43. The first kappa shape index (κ1) is 15.4. The van der Waals surface area contributed by atoms with Crippen molar-refractivity contribution in [1.82, 2.24) is 24.1 Å². The fourth-order valence-electron chi connectivity index (χ4n) is 2.18. The molecule has 0 amide bonds. The second kappa shape index (κ2) is 6.66. The number of sulfonamides is 1. The number of nitrogens with zero attached hydrogens (tertiary/aromatic N) is 4. The van der Waals surface area contributed by atoms with E-state index in [0.29, 0.717) is 13.1 Å². The molecule has 1 aliphatic rings. The summed E-state index contributed by atoms with van der Waals surface area (Å²) in [4.78, 5) is 6.34. The van der Waals surface area contributed by atoms with Crippen LogP contribution in [-0.2, 0) is 23.6 Å². The van der Waals surface area contributed by atoms with Gasteiger partial charge in [0.15, 0.2) is 0 Å². The van der Waals surface area contributed by atoms with Crippen molar-refractivity contribution in [2.24, 2.45) is 7.05 Å². The molecule has 1 aliphatic heterocycles. The van der Waals surface area contributed by atoms with Crippen LogP contribution in [0.2, 0.25) is 0 Å². The molecule has 7 nitrogen and oxygen atoms in total. The van der Waals surface area contributed by atoms with Crippen LogP contribution in [0.15, 0.2) is 12.4 Å². The van der Waals surface area contributed by atoms with Gasteiger partial charge in [0.25, 0.3) is 0 Å². The Morgan fingerprint density at radius 2 is 2.10 bits per heavy atom. The Hall–Kier alpha value is -0.960. The summed E-state index contributed by atoms with van der Waals surface area (Å²) in [5, 5.41) is 3.26. The SMILES string of the molecule is CN(Cc1nccn1C)S(=O)(=O)CCN1CCNCC1. The van der Waals surface area contributed by atoms with Gasteiger partial charge >= 0.3 is 0 Å². The Morgan fingerprint density at radius 1 is 1.40 bits per heavy atom. The summed E-state index contributed by atoms with van der Waals surface area (Å²) in [6, 6.07) is 0. The summed E-state index contributed by atoms with van der Waals surface area (Å²) in [6.07, 6.45) is 3.49. The lowest BCUT2D eigenvalue weighted by Crippen LogP contribution is -2.46. The Labute approximate surface area is 120 Å². The average molecular weight is 301 g/mol. The van der Waals surface area contributed by atoms with Gasteiger partial charge in [-0.1, -0.05) is 0 Å².